The molecule has 0 bridgehead atoms. The lowest BCUT2D eigenvalue weighted by Gasteiger charge is -2.30. The molecule has 0 saturated carbocycles. The van der Waals surface area contributed by atoms with Gasteiger partial charge in [-0.05, 0) is 25.7 Å². The summed E-state index contributed by atoms with van der Waals surface area (Å²) in [6, 6.07) is 0. The largest absolute Gasteiger partial charge is 0.350 e. The smallest absolute Gasteiger partial charge is 0.271 e. The second kappa shape index (κ2) is 7.15. The van der Waals surface area contributed by atoms with E-state index in [-0.39, 0.29) is 17.5 Å². The number of carbonyl (C=O) groups is 2. The van der Waals surface area contributed by atoms with E-state index in [4.69, 9.17) is 0 Å². The SMILES string of the molecule is Cc1cnc(C(=O)NCCC(=O)N2CCC(C)CC2)cn1. The molecule has 1 saturated heterocycles. The lowest BCUT2D eigenvalue weighted by molar-refractivity contribution is -0.132. The molecule has 0 spiro atoms. The minimum absolute atomic E-state index is 0.109. The highest BCUT2D eigenvalue weighted by molar-refractivity contribution is 5.92. The number of hydrogen-bond acceptors (Lipinski definition) is 4. The quantitative estimate of drug-likeness (QED) is 0.903. The molecule has 1 aliphatic heterocycles. The van der Waals surface area contributed by atoms with Crippen molar-refractivity contribution in [1.29, 1.82) is 0 Å². The van der Waals surface area contributed by atoms with Crippen molar-refractivity contribution in [2.24, 2.45) is 5.92 Å². The number of aryl methyl sites for hydroxylation is 1. The summed E-state index contributed by atoms with van der Waals surface area (Å²) in [5.74, 6) is 0.522. The standard InChI is InChI=1S/C15H22N4O2/c1-11-4-7-19(8-5-11)14(20)3-6-16-15(21)13-10-17-12(2)9-18-13/h9-11H,3-8H2,1-2H3,(H,16,21). The van der Waals surface area contributed by atoms with Crippen LogP contribution < -0.4 is 5.32 Å². The highest BCUT2D eigenvalue weighted by Gasteiger charge is 2.20. The fourth-order valence-electron chi connectivity index (χ4n) is 2.30. The van der Waals surface area contributed by atoms with Gasteiger partial charge < -0.3 is 10.2 Å². The third-order valence-corrected chi connectivity index (χ3v) is 3.77. The zero-order chi connectivity index (χ0) is 15.2. The van der Waals surface area contributed by atoms with E-state index in [1.807, 2.05) is 11.8 Å². The van der Waals surface area contributed by atoms with Crippen LogP contribution in [0.2, 0.25) is 0 Å². The van der Waals surface area contributed by atoms with Gasteiger partial charge in [-0.15, -0.1) is 0 Å². The Labute approximate surface area is 125 Å². The lowest BCUT2D eigenvalue weighted by atomic mass is 9.99. The minimum Gasteiger partial charge on any atom is -0.350 e. The van der Waals surface area contributed by atoms with Crippen molar-refractivity contribution in [3.63, 3.8) is 0 Å². The van der Waals surface area contributed by atoms with Crippen LogP contribution in [0.4, 0.5) is 0 Å². The number of nitrogens with zero attached hydrogens (tertiary/aromatic N) is 3. The molecular weight excluding hydrogens is 268 g/mol. The Kier molecular flexibility index (Phi) is 5.25. The number of carbonyl (C=O) groups excluding carboxylic acids is 2. The molecule has 1 aromatic rings. The number of nitrogens with one attached hydrogen (secondary N) is 1. The van der Waals surface area contributed by atoms with E-state index < -0.39 is 0 Å². The molecule has 2 heterocycles. The highest BCUT2D eigenvalue weighted by atomic mass is 16.2. The van der Waals surface area contributed by atoms with Crippen molar-refractivity contribution >= 4 is 11.8 Å². The van der Waals surface area contributed by atoms with E-state index in [0.717, 1.165) is 31.6 Å². The van der Waals surface area contributed by atoms with Gasteiger partial charge in [0.25, 0.3) is 5.91 Å². The second-order valence-electron chi connectivity index (χ2n) is 5.61. The van der Waals surface area contributed by atoms with Crippen LogP contribution >= 0.6 is 0 Å². The first-order chi connectivity index (χ1) is 10.1. The highest BCUT2D eigenvalue weighted by Crippen LogP contribution is 2.16. The summed E-state index contributed by atoms with van der Waals surface area (Å²) >= 11 is 0. The molecule has 0 aliphatic carbocycles. The maximum atomic E-state index is 12.0. The normalized spacial score (nSPS) is 15.8. The third kappa shape index (κ3) is 4.51. The number of piperidine rings is 1. The first kappa shape index (κ1) is 15.4. The molecule has 1 fully saturated rings. The van der Waals surface area contributed by atoms with E-state index in [9.17, 15) is 9.59 Å². The zero-order valence-corrected chi connectivity index (χ0v) is 12.6. The van der Waals surface area contributed by atoms with Gasteiger partial charge in [0, 0.05) is 32.3 Å². The minimum atomic E-state index is -0.289. The number of rotatable bonds is 4. The van der Waals surface area contributed by atoms with Crippen molar-refractivity contribution in [2.75, 3.05) is 19.6 Å². The average Bonchev–Trinajstić information content (AvgIpc) is 2.48. The van der Waals surface area contributed by atoms with Gasteiger partial charge in [-0.25, -0.2) is 4.98 Å². The molecule has 6 nitrogen and oxygen atoms in total. The summed E-state index contributed by atoms with van der Waals surface area (Å²) < 4.78 is 0. The number of amides is 2. The van der Waals surface area contributed by atoms with Crippen LogP contribution in [0.1, 0.15) is 42.4 Å². The number of aromatic nitrogens is 2. The molecule has 1 aliphatic rings. The van der Waals surface area contributed by atoms with Gasteiger partial charge in [-0.2, -0.15) is 0 Å². The topological polar surface area (TPSA) is 75.2 Å². The van der Waals surface area contributed by atoms with Crippen LogP contribution in [0.25, 0.3) is 0 Å². The summed E-state index contributed by atoms with van der Waals surface area (Å²) in [5, 5.41) is 2.71. The maximum absolute atomic E-state index is 12.0. The van der Waals surface area contributed by atoms with Gasteiger partial charge in [0.1, 0.15) is 5.69 Å². The van der Waals surface area contributed by atoms with Gasteiger partial charge in [-0.3, -0.25) is 14.6 Å². The fraction of sp³-hybridized carbons (Fsp3) is 0.600. The second-order valence-corrected chi connectivity index (χ2v) is 5.61. The Morgan fingerprint density at radius 1 is 1.29 bits per heavy atom. The molecule has 0 unspecified atom stereocenters. The molecule has 114 valence electrons. The fourth-order valence-corrected chi connectivity index (χ4v) is 2.30. The number of hydrogen-bond donors (Lipinski definition) is 1. The molecule has 6 heteroatoms. The third-order valence-electron chi connectivity index (χ3n) is 3.77. The van der Waals surface area contributed by atoms with Crippen LogP contribution in [0.15, 0.2) is 12.4 Å². The zero-order valence-electron chi connectivity index (χ0n) is 12.6. The molecule has 0 aromatic carbocycles. The van der Waals surface area contributed by atoms with Crippen LogP contribution in [0.5, 0.6) is 0 Å². The van der Waals surface area contributed by atoms with E-state index in [1.165, 1.54) is 6.20 Å². The first-order valence-corrected chi connectivity index (χ1v) is 7.41. The van der Waals surface area contributed by atoms with E-state index >= 15 is 0 Å². The lowest BCUT2D eigenvalue weighted by Crippen LogP contribution is -2.39. The van der Waals surface area contributed by atoms with E-state index in [0.29, 0.717) is 18.9 Å². The number of likely N-dealkylation sites (tertiary alicyclic amines) is 1. The van der Waals surface area contributed by atoms with Crippen molar-refractivity contribution < 1.29 is 9.59 Å². The van der Waals surface area contributed by atoms with E-state index in [1.54, 1.807) is 6.20 Å². The Bertz CT molecular complexity index is 493. The van der Waals surface area contributed by atoms with Gasteiger partial charge in [0.15, 0.2) is 0 Å². The summed E-state index contributed by atoms with van der Waals surface area (Å²) in [6.07, 6.45) is 5.46. The molecule has 1 aromatic heterocycles. The van der Waals surface area contributed by atoms with Crippen LogP contribution in [0.3, 0.4) is 0 Å². The van der Waals surface area contributed by atoms with Crippen molar-refractivity contribution in [3.8, 4) is 0 Å². The summed E-state index contributed by atoms with van der Waals surface area (Å²) in [6.45, 7) is 6.02. The van der Waals surface area contributed by atoms with Crippen LogP contribution in [-0.4, -0.2) is 46.3 Å². The monoisotopic (exact) mass is 290 g/mol. The van der Waals surface area contributed by atoms with Gasteiger partial charge in [0.05, 0.1) is 11.9 Å². The molecular formula is C15H22N4O2. The Morgan fingerprint density at radius 2 is 2.00 bits per heavy atom. The van der Waals surface area contributed by atoms with Crippen molar-refractivity contribution in [2.45, 2.75) is 33.1 Å². The Morgan fingerprint density at radius 3 is 2.62 bits per heavy atom. The predicted octanol–water partition coefficient (Wildman–Crippen LogP) is 1.16. The molecule has 0 radical (unpaired) electrons. The summed E-state index contributed by atoms with van der Waals surface area (Å²) in [5.41, 5.74) is 1.04. The van der Waals surface area contributed by atoms with Crippen molar-refractivity contribution in [3.05, 3.63) is 23.8 Å². The predicted molar refractivity (Wildman–Crippen MR) is 78.7 cm³/mol. The molecule has 2 amide bonds. The van der Waals surface area contributed by atoms with Gasteiger partial charge >= 0.3 is 0 Å². The summed E-state index contributed by atoms with van der Waals surface area (Å²) in [4.78, 5) is 33.7. The first-order valence-electron chi connectivity index (χ1n) is 7.41. The van der Waals surface area contributed by atoms with Gasteiger partial charge in [-0.1, -0.05) is 6.92 Å². The van der Waals surface area contributed by atoms with Crippen LogP contribution in [0, 0.1) is 12.8 Å². The average molecular weight is 290 g/mol. The van der Waals surface area contributed by atoms with Gasteiger partial charge in [0.2, 0.25) is 5.91 Å². The summed E-state index contributed by atoms with van der Waals surface area (Å²) in [7, 11) is 0. The molecule has 1 N–H and O–H groups in total. The maximum Gasteiger partial charge on any atom is 0.271 e. The van der Waals surface area contributed by atoms with E-state index in [2.05, 4.69) is 22.2 Å². The molecule has 0 atom stereocenters. The Hall–Kier alpha value is -1.98. The molecule has 21 heavy (non-hydrogen) atoms. The molecule has 2 rings (SSSR count). The Balaban J connectivity index is 1.72. The van der Waals surface area contributed by atoms with Crippen molar-refractivity contribution in [1.82, 2.24) is 20.2 Å². The van der Waals surface area contributed by atoms with Crippen LogP contribution in [-0.2, 0) is 4.79 Å².